The molecule has 0 N–H and O–H groups in total. The third-order valence-corrected chi connectivity index (χ3v) is 4.33. The number of nitro benzene ring substituents is 1. The van der Waals surface area contributed by atoms with Crippen LogP contribution in [0.3, 0.4) is 0 Å². The van der Waals surface area contributed by atoms with Crippen LogP contribution in [0.5, 0.6) is 11.5 Å². The van der Waals surface area contributed by atoms with Crippen molar-refractivity contribution < 1.29 is 32.4 Å². The molecule has 0 saturated heterocycles. The lowest BCUT2D eigenvalue weighted by atomic mass is 9.94. The van der Waals surface area contributed by atoms with E-state index in [9.17, 15) is 28.1 Å². The predicted molar refractivity (Wildman–Crippen MR) is 99.3 cm³/mol. The van der Waals surface area contributed by atoms with Crippen LogP contribution >= 0.6 is 11.6 Å². The van der Waals surface area contributed by atoms with Crippen molar-refractivity contribution >= 4 is 23.3 Å². The van der Waals surface area contributed by atoms with Crippen LogP contribution in [0.2, 0.25) is 5.02 Å². The fraction of sp³-hybridized carbons (Fsp3) is 0.316. The number of halogens is 4. The van der Waals surface area contributed by atoms with Crippen LogP contribution in [-0.2, 0) is 15.7 Å². The standard InChI is InChI=1S/C19H17ClF3NO5/c1-3-13(18(25)28-4-2)14-10-12(6-7-16(14)24(26)27)29-17-8-5-11(9-15(17)20)19(21,22)23/h5-10,13H,3-4H2,1-2H3. The van der Waals surface area contributed by atoms with Crippen molar-refractivity contribution in [1.82, 2.24) is 0 Å². The van der Waals surface area contributed by atoms with E-state index in [1.165, 1.54) is 12.1 Å². The second-order valence-corrected chi connectivity index (χ2v) is 6.34. The first kappa shape index (κ1) is 22.5. The number of esters is 1. The lowest BCUT2D eigenvalue weighted by molar-refractivity contribution is -0.385. The van der Waals surface area contributed by atoms with Gasteiger partial charge >= 0.3 is 12.1 Å². The van der Waals surface area contributed by atoms with Crippen LogP contribution in [0.15, 0.2) is 36.4 Å². The van der Waals surface area contributed by atoms with E-state index in [-0.39, 0.29) is 40.8 Å². The Morgan fingerprint density at radius 1 is 1.21 bits per heavy atom. The van der Waals surface area contributed by atoms with Crippen molar-refractivity contribution in [1.29, 1.82) is 0 Å². The molecule has 10 heteroatoms. The van der Waals surface area contributed by atoms with Gasteiger partial charge in [0, 0.05) is 11.6 Å². The number of hydrogen-bond donors (Lipinski definition) is 0. The minimum atomic E-state index is -4.56. The Balaban J connectivity index is 2.43. The number of nitro groups is 1. The Bertz CT molecular complexity index is 917. The lowest BCUT2D eigenvalue weighted by Gasteiger charge is -2.16. The molecule has 0 heterocycles. The third-order valence-electron chi connectivity index (χ3n) is 4.04. The number of benzene rings is 2. The molecule has 0 aliphatic rings. The van der Waals surface area contributed by atoms with Gasteiger partial charge in [-0.15, -0.1) is 0 Å². The van der Waals surface area contributed by atoms with Gasteiger partial charge in [-0.1, -0.05) is 18.5 Å². The number of ether oxygens (including phenoxy) is 2. The maximum absolute atomic E-state index is 12.8. The number of nitrogens with zero attached hydrogens (tertiary/aromatic N) is 1. The highest BCUT2D eigenvalue weighted by Crippen LogP contribution is 2.38. The summed E-state index contributed by atoms with van der Waals surface area (Å²) in [5, 5.41) is 11.1. The van der Waals surface area contributed by atoms with E-state index in [1.807, 2.05) is 0 Å². The SMILES string of the molecule is CCOC(=O)C(CC)c1cc(Oc2ccc(C(F)(F)F)cc2Cl)ccc1[N+](=O)[O-]. The van der Waals surface area contributed by atoms with E-state index in [0.29, 0.717) is 0 Å². The van der Waals surface area contributed by atoms with Gasteiger partial charge in [-0.2, -0.15) is 13.2 Å². The van der Waals surface area contributed by atoms with E-state index in [2.05, 4.69) is 0 Å². The molecule has 0 radical (unpaired) electrons. The molecule has 0 aliphatic carbocycles. The minimum absolute atomic E-state index is 0.0661. The Morgan fingerprint density at radius 2 is 1.90 bits per heavy atom. The quantitative estimate of drug-likeness (QED) is 0.300. The molecular weight excluding hydrogens is 415 g/mol. The number of carbonyl (C=O) groups is 1. The molecule has 156 valence electrons. The van der Waals surface area contributed by atoms with Crippen LogP contribution in [-0.4, -0.2) is 17.5 Å². The molecule has 0 saturated carbocycles. The Kier molecular flexibility index (Phi) is 7.07. The van der Waals surface area contributed by atoms with Gasteiger partial charge in [-0.3, -0.25) is 14.9 Å². The van der Waals surface area contributed by atoms with Crippen LogP contribution in [0, 0.1) is 10.1 Å². The Morgan fingerprint density at radius 3 is 2.41 bits per heavy atom. The van der Waals surface area contributed by atoms with Gasteiger partial charge in [-0.25, -0.2) is 0 Å². The van der Waals surface area contributed by atoms with Gasteiger partial charge < -0.3 is 9.47 Å². The second-order valence-electron chi connectivity index (χ2n) is 5.94. The fourth-order valence-corrected chi connectivity index (χ4v) is 2.90. The molecule has 0 aliphatic heterocycles. The molecule has 0 fully saturated rings. The molecule has 2 aromatic rings. The molecule has 0 spiro atoms. The van der Waals surface area contributed by atoms with Gasteiger partial charge in [0.05, 0.1) is 28.0 Å². The summed E-state index contributed by atoms with van der Waals surface area (Å²) in [4.78, 5) is 22.9. The number of rotatable bonds is 7. The number of hydrogen-bond acceptors (Lipinski definition) is 5. The summed E-state index contributed by atoms with van der Waals surface area (Å²) in [5.41, 5.74) is -1.15. The van der Waals surface area contributed by atoms with Gasteiger partial charge in [0.1, 0.15) is 11.5 Å². The van der Waals surface area contributed by atoms with Gasteiger partial charge in [0.25, 0.3) is 5.69 Å². The Hall–Kier alpha value is -2.81. The highest BCUT2D eigenvalue weighted by molar-refractivity contribution is 6.32. The molecule has 0 amide bonds. The summed E-state index contributed by atoms with van der Waals surface area (Å²) in [7, 11) is 0. The average molecular weight is 432 g/mol. The molecule has 0 bridgehead atoms. The van der Waals surface area contributed by atoms with Gasteiger partial charge in [0.15, 0.2) is 0 Å². The fourth-order valence-electron chi connectivity index (χ4n) is 2.68. The predicted octanol–water partition coefficient (Wildman–Crippen LogP) is 6.12. The van der Waals surface area contributed by atoms with Gasteiger partial charge in [0.2, 0.25) is 0 Å². The average Bonchev–Trinajstić information content (AvgIpc) is 2.63. The summed E-state index contributed by atoms with van der Waals surface area (Å²) in [6, 6.07) is 6.29. The van der Waals surface area contributed by atoms with Crippen molar-refractivity contribution in [2.75, 3.05) is 6.61 Å². The van der Waals surface area contributed by atoms with E-state index < -0.39 is 28.6 Å². The molecule has 6 nitrogen and oxygen atoms in total. The van der Waals surface area contributed by atoms with Crippen molar-refractivity contribution in [3.63, 3.8) is 0 Å². The second kappa shape index (κ2) is 9.13. The zero-order valence-electron chi connectivity index (χ0n) is 15.5. The molecular formula is C19H17ClF3NO5. The monoisotopic (exact) mass is 431 g/mol. The maximum atomic E-state index is 12.8. The van der Waals surface area contributed by atoms with Crippen LogP contribution in [0.4, 0.5) is 18.9 Å². The molecule has 2 rings (SSSR count). The van der Waals surface area contributed by atoms with Crippen molar-refractivity contribution in [2.45, 2.75) is 32.4 Å². The molecule has 29 heavy (non-hydrogen) atoms. The van der Waals surface area contributed by atoms with E-state index in [4.69, 9.17) is 21.1 Å². The Labute approximate surface area is 169 Å². The number of alkyl halides is 3. The molecule has 0 aromatic heterocycles. The summed E-state index contributed by atoms with van der Waals surface area (Å²) < 4.78 is 48.8. The summed E-state index contributed by atoms with van der Waals surface area (Å²) in [5.74, 6) is -1.51. The van der Waals surface area contributed by atoms with Crippen LogP contribution in [0.25, 0.3) is 0 Å². The molecule has 1 atom stereocenters. The van der Waals surface area contributed by atoms with Crippen LogP contribution in [0.1, 0.15) is 37.3 Å². The third kappa shape index (κ3) is 5.38. The summed E-state index contributed by atoms with van der Waals surface area (Å²) in [6.07, 6.45) is -4.32. The minimum Gasteiger partial charge on any atom is -0.466 e. The topological polar surface area (TPSA) is 78.7 Å². The zero-order valence-corrected chi connectivity index (χ0v) is 16.2. The smallest absolute Gasteiger partial charge is 0.416 e. The van der Waals surface area contributed by atoms with Crippen molar-refractivity contribution in [2.24, 2.45) is 0 Å². The summed E-state index contributed by atoms with van der Waals surface area (Å²) in [6.45, 7) is 3.40. The summed E-state index contributed by atoms with van der Waals surface area (Å²) >= 11 is 5.88. The number of carbonyl (C=O) groups excluding carboxylic acids is 1. The first-order chi connectivity index (χ1) is 13.6. The normalized spacial score (nSPS) is 12.3. The lowest BCUT2D eigenvalue weighted by Crippen LogP contribution is -2.16. The van der Waals surface area contributed by atoms with Crippen molar-refractivity contribution in [3.05, 3.63) is 62.7 Å². The highest BCUT2D eigenvalue weighted by atomic mass is 35.5. The first-order valence-electron chi connectivity index (χ1n) is 8.58. The van der Waals surface area contributed by atoms with E-state index >= 15 is 0 Å². The maximum Gasteiger partial charge on any atom is 0.416 e. The van der Waals surface area contributed by atoms with Crippen molar-refractivity contribution in [3.8, 4) is 11.5 Å². The van der Waals surface area contributed by atoms with E-state index in [0.717, 1.165) is 24.3 Å². The van der Waals surface area contributed by atoms with Gasteiger partial charge in [-0.05, 0) is 43.7 Å². The molecule has 1 unspecified atom stereocenters. The largest absolute Gasteiger partial charge is 0.466 e. The van der Waals surface area contributed by atoms with Crippen LogP contribution < -0.4 is 4.74 Å². The highest BCUT2D eigenvalue weighted by Gasteiger charge is 2.31. The zero-order chi connectivity index (χ0) is 21.8. The van der Waals surface area contributed by atoms with E-state index in [1.54, 1.807) is 13.8 Å². The molecule has 2 aromatic carbocycles. The first-order valence-corrected chi connectivity index (χ1v) is 8.95.